The highest BCUT2D eigenvalue weighted by atomic mass is 16.5. The average molecular weight is 248 g/mol. The van der Waals surface area contributed by atoms with Gasteiger partial charge in [-0.3, -0.25) is 4.79 Å². The molecule has 2 N–H and O–H groups in total. The molecule has 2 aromatic heterocycles. The molecule has 0 saturated carbocycles. The van der Waals surface area contributed by atoms with Gasteiger partial charge in [-0.1, -0.05) is 0 Å². The molecule has 1 saturated heterocycles. The van der Waals surface area contributed by atoms with E-state index in [1.54, 1.807) is 6.20 Å². The van der Waals surface area contributed by atoms with Crippen LogP contribution in [0.25, 0.3) is 11.5 Å². The maximum atomic E-state index is 11.3. The first-order chi connectivity index (χ1) is 8.62. The van der Waals surface area contributed by atoms with E-state index in [0.717, 1.165) is 5.76 Å². The number of H-pyrrole nitrogens is 1. The number of hydrogen-bond donors (Lipinski definition) is 2. The number of furan rings is 1. The van der Waals surface area contributed by atoms with Gasteiger partial charge in [0, 0.05) is 0 Å². The quantitative estimate of drug-likeness (QED) is 0.855. The number of nitrogens with one attached hydrogen (secondary N) is 1. The van der Waals surface area contributed by atoms with Crippen molar-refractivity contribution in [1.29, 1.82) is 0 Å². The van der Waals surface area contributed by atoms with Gasteiger partial charge in [0.1, 0.15) is 17.3 Å². The molecule has 0 radical (unpaired) electrons. The zero-order chi connectivity index (χ0) is 12.8. The highest BCUT2D eigenvalue weighted by Gasteiger charge is 2.50. The Morgan fingerprint density at radius 2 is 2.28 bits per heavy atom. The first-order valence-electron chi connectivity index (χ1n) is 5.55. The molecular formula is C12H12N2O4. The van der Waals surface area contributed by atoms with Crippen LogP contribution in [0.15, 0.2) is 22.7 Å². The first-order valence-corrected chi connectivity index (χ1v) is 5.55. The van der Waals surface area contributed by atoms with Crippen molar-refractivity contribution in [3.05, 3.63) is 29.9 Å². The molecule has 18 heavy (non-hydrogen) atoms. The van der Waals surface area contributed by atoms with Crippen LogP contribution in [0.3, 0.4) is 0 Å². The van der Waals surface area contributed by atoms with Crippen molar-refractivity contribution in [2.75, 3.05) is 13.2 Å². The molecule has 6 heteroatoms. The van der Waals surface area contributed by atoms with Crippen LogP contribution in [-0.4, -0.2) is 34.3 Å². The van der Waals surface area contributed by atoms with Crippen LogP contribution < -0.4 is 0 Å². The number of nitrogens with zero attached hydrogens (tertiary/aromatic N) is 1. The number of aryl methyl sites for hydroxylation is 1. The molecule has 1 aliphatic heterocycles. The Hall–Kier alpha value is -2.08. The predicted octanol–water partition coefficient (Wildman–Crippen LogP) is 1.33. The topological polar surface area (TPSA) is 88.4 Å². The Balaban J connectivity index is 1.96. The molecular weight excluding hydrogens is 236 g/mol. The zero-order valence-electron chi connectivity index (χ0n) is 9.77. The summed E-state index contributed by atoms with van der Waals surface area (Å²) in [6.07, 6.45) is 1.58. The standard InChI is InChI=1S/C12H12N2O4/c1-7-2-3-9(18-7)8-4-13-10(14-8)12(11(15)16)5-17-6-12/h2-4H,5-6H2,1H3,(H,13,14)(H,15,16). The van der Waals surface area contributed by atoms with Gasteiger partial charge in [-0.25, -0.2) is 4.98 Å². The summed E-state index contributed by atoms with van der Waals surface area (Å²) in [7, 11) is 0. The number of aliphatic carboxylic acids is 1. The fraction of sp³-hybridized carbons (Fsp3) is 0.333. The summed E-state index contributed by atoms with van der Waals surface area (Å²) >= 11 is 0. The first kappa shape index (κ1) is 11.0. The van der Waals surface area contributed by atoms with E-state index in [9.17, 15) is 9.90 Å². The minimum absolute atomic E-state index is 0.145. The summed E-state index contributed by atoms with van der Waals surface area (Å²) in [5.41, 5.74) is -0.370. The SMILES string of the molecule is Cc1ccc(-c2cnc(C3(C(=O)O)COC3)[nH]2)o1. The van der Waals surface area contributed by atoms with Gasteiger partial charge in [0.05, 0.1) is 19.4 Å². The lowest BCUT2D eigenvalue weighted by Gasteiger charge is -2.35. The molecule has 0 spiro atoms. The lowest BCUT2D eigenvalue weighted by atomic mass is 9.85. The Bertz CT molecular complexity index is 595. The van der Waals surface area contributed by atoms with E-state index in [1.165, 1.54) is 0 Å². The van der Waals surface area contributed by atoms with Crippen molar-refractivity contribution < 1.29 is 19.1 Å². The molecule has 0 atom stereocenters. The van der Waals surface area contributed by atoms with Crippen LogP contribution in [0.1, 0.15) is 11.6 Å². The van der Waals surface area contributed by atoms with Crippen molar-refractivity contribution in [3.8, 4) is 11.5 Å². The fourth-order valence-electron chi connectivity index (χ4n) is 1.94. The van der Waals surface area contributed by atoms with Gasteiger partial charge in [0.25, 0.3) is 0 Å². The summed E-state index contributed by atoms with van der Waals surface area (Å²) < 4.78 is 10.5. The number of ether oxygens (including phenoxy) is 1. The normalized spacial score (nSPS) is 17.4. The van der Waals surface area contributed by atoms with Crippen LogP contribution in [-0.2, 0) is 14.9 Å². The third-order valence-electron chi connectivity index (χ3n) is 3.14. The smallest absolute Gasteiger partial charge is 0.322 e. The lowest BCUT2D eigenvalue weighted by Crippen LogP contribution is -2.53. The molecule has 3 rings (SSSR count). The molecule has 0 amide bonds. The number of aromatic amines is 1. The van der Waals surface area contributed by atoms with Crippen molar-refractivity contribution in [2.45, 2.75) is 12.3 Å². The summed E-state index contributed by atoms with van der Waals surface area (Å²) in [4.78, 5) is 18.4. The average Bonchev–Trinajstić information content (AvgIpc) is 2.84. The number of rotatable bonds is 3. The van der Waals surface area contributed by atoms with E-state index < -0.39 is 11.4 Å². The maximum Gasteiger partial charge on any atom is 0.322 e. The second kappa shape index (κ2) is 3.71. The van der Waals surface area contributed by atoms with Gasteiger partial charge in [-0.05, 0) is 19.1 Å². The Labute approximate surface area is 103 Å². The minimum Gasteiger partial charge on any atom is -0.480 e. The summed E-state index contributed by atoms with van der Waals surface area (Å²) in [5.74, 6) is 0.920. The number of aromatic nitrogens is 2. The van der Waals surface area contributed by atoms with Gasteiger partial charge in [-0.2, -0.15) is 0 Å². The lowest BCUT2D eigenvalue weighted by molar-refractivity contribution is -0.163. The second-order valence-corrected chi connectivity index (χ2v) is 4.44. The minimum atomic E-state index is -1.04. The molecule has 6 nitrogen and oxygen atoms in total. The van der Waals surface area contributed by atoms with Crippen LogP contribution in [0.5, 0.6) is 0 Å². The third-order valence-corrected chi connectivity index (χ3v) is 3.14. The Morgan fingerprint density at radius 3 is 2.78 bits per heavy atom. The molecule has 2 aromatic rings. The van der Waals surface area contributed by atoms with Crippen molar-refractivity contribution in [2.24, 2.45) is 0 Å². The molecule has 94 valence electrons. The molecule has 1 fully saturated rings. The Kier molecular flexibility index (Phi) is 2.27. The number of carbonyl (C=O) groups is 1. The highest BCUT2D eigenvalue weighted by molar-refractivity contribution is 5.82. The fourth-order valence-corrected chi connectivity index (χ4v) is 1.94. The van der Waals surface area contributed by atoms with E-state index in [4.69, 9.17) is 9.15 Å². The van der Waals surface area contributed by atoms with E-state index in [-0.39, 0.29) is 13.2 Å². The molecule has 0 aromatic carbocycles. The van der Waals surface area contributed by atoms with E-state index in [0.29, 0.717) is 17.3 Å². The van der Waals surface area contributed by atoms with Crippen LogP contribution in [0.4, 0.5) is 0 Å². The van der Waals surface area contributed by atoms with Gasteiger partial charge in [0.2, 0.25) is 0 Å². The van der Waals surface area contributed by atoms with E-state index in [1.807, 2.05) is 19.1 Å². The molecule has 0 bridgehead atoms. The van der Waals surface area contributed by atoms with Crippen LogP contribution in [0, 0.1) is 6.92 Å². The van der Waals surface area contributed by atoms with Gasteiger partial charge in [-0.15, -0.1) is 0 Å². The summed E-state index contributed by atoms with van der Waals surface area (Å²) in [6, 6.07) is 3.66. The zero-order valence-corrected chi connectivity index (χ0v) is 9.77. The highest BCUT2D eigenvalue weighted by Crippen LogP contribution is 2.32. The predicted molar refractivity (Wildman–Crippen MR) is 61.2 cm³/mol. The largest absolute Gasteiger partial charge is 0.480 e. The monoisotopic (exact) mass is 248 g/mol. The van der Waals surface area contributed by atoms with Crippen molar-refractivity contribution >= 4 is 5.97 Å². The number of carboxylic acid groups (broad SMARTS) is 1. The summed E-state index contributed by atoms with van der Waals surface area (Å²) in [6.45, 7) is 2.14. The van der Waals surface area contributed by atoms with E-state index in [2.05, 4.69) is 9.97 Å². The Morgan fingerprint density at radius 1 is 1.50 bits per heavy atom. The second-order valence-electron chi connectivity index (χ2n) is 4.44. The number of imidazole rings is 1. The van der Waals surface area contributed by atoms with Crippen molar-refractivity contribution in [1.82, 2.24) is 9.97 Å². The third kappa shape index (κ3) is 1.46. The number of carboxylic acids is 1. The maximum absolute atomic E-state index is 11.3. The number of hydrogen-bond acceptors (Lipinski definition) is 4. The molecule has 0 aliphatic carbocycles. The van der Waals surface area contributed by atoms with E-state index >= 15 is 0 Å². The van der Waals surface area contributed by atoms with Crippen LogP contribution >= 0.6 is 0 Å². The van der Waals surface area contributed by atoms with Crippen molar-refractivity contribution in [3.63, 3.8) is 0 Å². The van der Waals surface area contributed by atoms with Gasteiger partial charge < -0.3 is 19.2 Å². The summed E-state index contributed by atoms with van der Waals surface area (Å²) in [5, 5.41) is 9.26. The van der Waals surface area contributed by atoms with Gasteiger partial charge in [0.15, 0.2) is 11.2 Å². The molecule has 3 heterocycles. The van der Waals surface area contributed by atoms with Gasteiger partial charge >= 0.3 is 5.97 Å². The molecule has 0 unspecified atom stereocenters. The van der Waals surface area contributed by atoms with Crippen LogP contribution in [0.2, 0.25) is 0 Å². The molecule has 1 aliphatic rings.